The third kappa shape index (κ3) is 3.80. The Hall–Kier alpha value is -3.43. The number of anilines is 1. The van der Waals surface area contributed by atoms with Gasteiger partial charge in [-0.3, -0.25) is 14.5 Å². The van der Waals surface area contributed by atoms with E-state index in [2.05, 4.69) is 30.2 Å². The molecule has 3 aromatic heterocycles. The van der Waals surface area contributed by atoms with Crippen molar-refractivity contribution in [3.05, 3.63) is 68.4 Å². The second-order valence-corrected chi connectivity index (χ2v) is 9.00. The van der Waals surface area contributed by atoms with E-state index in [0.29, 0.717) is 28.3 Å². The molecule has 0 saturated carbocycles. The van der Waals surface area contributed by atoms with Crippen LogP contribution in [0.1, 0.15) is 27.3 Å². The standard InChI is InChI=1S/C24H26ClN7O2/c1-14-12-27-32-19-6-4-16(20(25)21(19)29-24(34)22(14)32)13-30-8-10-31(11-9-30)18-7-5-17(23(33)26-3)28-15(18)2/h4-7,12H,8-11,13H2,1-3H3,(H,26,33)(H,29,34). The lowest BCUT2D eigenvalue weighted by atomic mass is 10.1. The van der Waals surface area contributed by atoms with Crippen LogP contribution in [0.25, 0.3) is 16.6 Å². The SMILES string of the molecule is CNC(=O)c1ccc(N2CCN(Cc3ccc4c([nH]c(=O)c5c(C)cnn54)c3Cl)CC2)c(C)n1. The Bertz CT molecular complexity index is 1470. The van der Waals surface area contributed by atoms with Gasteiger partial charge >= 0.3 is 0 Å². The summed E-state index contributed by atoms with van der Waals surface area (Å²) in [6.45, 7) is 7.90. The number of H-pyrrole nitrogens is 1. The van der Waals surface area contributed by atoms with Crippen LogP contribution in [0, 0.1) is 13.8 Å². The molecule has 9 nitrogen and oxygen atoms in total. The Morgan fingerprint density at radius 3 is 2.62 bits per heavy atom. The molecule has 0 bridgehead atoms. The van der Waals surface area contributed by atoms with Crippen LogP contribution in [0.15, 0.2) is 35.3 Å². The highest BCUT2D eigenvalue weighted by Gasteiger charge is 2.21. The number of aromatic amines is 1. The van der Waals surface area contributed by atoms with Gasteiger partial charge in [-0.15, -0.1) is 0 Å². The van der Waals surface area contributed by atoms with Crippen molar-refractivity contribution >= 4 is 39.7 Å². The molecule has 0 spiro atoms. The second kappa shape index (κ2) is 8.73. The number of piperazine rings is 1. The first kappa shape index (κ1) is 22.4. The van der Waals surface area contributed by atoms with Crippen LogP contribution in [0.4, 0.5) is 5.69 Å². The number of rotatable bonds is 4. The summed E-state index contributed by atoms with van der Waals surface area (Å²) >= 11 is 6.75. The molecule has 1 fully saturated rings. The number of nitrogens with zero attached hydrogens (tertiary/aromatic N) is 5. The summed E-state index contributed by atoms with van der Waals surface area (Å²) in [4.78, 5) is 36.5. The number of carbonyl (C=O) groups excluding carboxylic acids is 1. The number of carbonyl (C=O) groups is 1. The Kier molecular flexibility index (Phi) is 5.75. The average Bonchev–Trinajstić information content (AvgIpc) is 3.23. The van der Waals surface area contributed by atoms with E-state index in [9.17, 15) is 9.59 Å². The Morgan fingerprint density at radius 1 is 1.15 bits per heavy atom. The molecule has 1 amide bonds. The third-order valence-electron chi connectivity index (χ3n) is 6.46. The first-order valence-electron chi connectivity index (χ1n) is 11.2. The van der Waals surface area contributed by atoms with E-state index < -0.39 is 0 Å². The summed E-state index contributed by atoms with van der Waals surface area (Å²) in [5.41, 5.74) is 5.85. The lowest BCUT2D eigenvalue weighted by Gasteiger charge is -2.36. The summed E-state index contributed by atoms with van der Waals surface area (Å²) in [5, 5.41) is 7.51. The molecule has 34 heavy (non-hydrogen) atoms. The largest absolute Gasteiger partial charge is 0.368 e. The monoisotopic (exact) mass is 479 g/mol. The number of fused-ring (bicyclic) bond motifs is 3. The number of nitrogens with one attached hydrogen (secondary N) is 2. The van der Waals surface area contributed by atoms with Gasteiger partial charge in [0.15, 0.2) is 0 Å². The number of benzene rings is 1. The van der Waals surface area contributed by atoms with Crippen LogP contribution < -0.4 is 15.8 Å². The van der Waals surface area contributed by atoms with Gasteiger partial charge in [0.05, 0.1) is 33.6 Å². The third-order valence-corrected chi connectivity index (χ3v) is 6.89. The zero-order valence-corrected chi connectivity index (χ0v) is 20.1. The number of aryl methyl sites for hydroxylation is 2. The van der Waals surface area contributed by atoms with Crippen LogP contribution in [-0.4, -0.2) is 63.6 Å². The van der Waals surface area contributed by atoms with E-state index in [4.69, 9.17) is 11.6 Å². The predicted octanol–water partition coefficient (Wildman–Crippen LogP) is 2.52. The zero-order chi connectivity index (χ0) is 24.0. The van der Waals surface area contributed by atoms with Crippen molar-refractivity contribution in [2.75, 3.05) is 38.1 Å². The maximum absolute atomic E-state index is 12.6. The molecule has 0 unspecified atom stereocenters. The molecule has 1 aliphatic rings. The summed E-state index contributed by atoms with van der Waals surface area (Å²) in [5.74, 6) is -0.184. The van der Waals surface area contributed by atoms with Crippen LogP contribution in [0.3, 0.4) is 0 Å². The van der Waals surface area contributed by atoms with E-state index in [1.165, 1.54) is 0 Å². The van der Waals surface area contributed by atoms with E-state index in [1.807, 2.05) is 32.0 Å². The molecule has 4 aromatic rings. The fourth-order valence-electron chi connectivity index (χ4n) is 4.62. The minimum Gasteiger partial charge on any atom is -0.368 e. The van der Waals surface area contributed by atoms with Gasteiger partial charge in [0, 0.05) is 45.3 Å². The average molecular weight is 480 g/mol. The number of hydrogen-bond donors (Lipinski definition) is 2. The first-order chi connectivity index (χ1) is 16.4. The zero-order valence-electron chi connectivity index (χ0n) is 19.4. The fraction of sp³-hybridized carbons (Fsp3) is 0.333. The molecule has 1 aromatic carbocycles. The number of pyridine rings is 1. The van der Waals surface area contributed by atoms with Crippen LogP contribution in [0.2, 0.25) is 5.02 Å². The maximum Gasteiger partial charge on any atom is 0.274 e. The van der Waals surface area contributed by atoms with Gasteiger partial charge in [0.1, 0.15) is 11.2 Å². The highest BCUT2D eigenvalue weighted by atomic mass is 35.5. The second-order valence-electron chi connectivity index (χ2n) is 8.62. The maximum atomic E-state index is 12.6. The van der Waals surface area contributed by atoms with E-state index >= 15 is 0 Å². The molecule has 10 heteroatoms. The number of hydrogen-bond acceptors (Lipinski definition) is 6. The fourth-order valence-corrected chi connectivity index (χ4v) is 4.88. The van der Waals surface area contributed by atoms with E-state index in [0.717, 1.165) is 54.2 Å². The molecule has 176 valence electrons. The Balaban J connectivity index is 1.32. The summed E-state index contributed by atoms with van der Waals surface area (Å²) < 4.78 is 1.66. The normalized spacial score (nSPS) is 14.8. The molecule has 1 aliphatic heterocycles. The molecule has 2 N–H and O–H groups in total. The van der Waals surface area contributed by atoms with Crippen molar-refractivity contribution in [2.24, 2.45) is 0 Å². The van der Waals surface area contributed by atoms with Gasteiger partial charge in [0.25, 0.3) is 11.5 Å². The van der Waals surface area contributed by atoms with Gasteiger partial charge in [0.2, 0.25) is 0 Å². The molecular formula is C24H26ClN7O2. The van der Waals surface area contributed by atoms with Crippen molar-refractivity contribution in [3.8, 4) is 0 Å². The molecule has 0 aliphatic carbocycles. The number of halogens is 1. The van der Waals surface area contributed by atoms with Gasteiger partial charge < -0.3 is 15.2 Å². The molecular weight excluding hydrogens is 454 g/mol. The van der Waals surface area contributed by atoms with E-state index in [1.54, 1.807) is 23.8 Å². The van der Waals surface area contributed by atoms with Gasteiger partial charge in [-0.1, -0.05) is 17.7 Å². The number of amides is 1. The number of aromatic nitrogens is 4. The van der Waals surface area contributed by atoms with E-state index in [-0.39, 0.29) is 11.5 Å². The molecule has 4 heterocycles. The van der Waals surface area contributed by atoms with Crippen molar-refractivity contribution < 1.29 is 4.79 Å². The summed E-state index contributed by atoms with van der Waals surface area (Å²) in [6, 6.07) is 7.71. The lowest BCUT2D eigenvalue weighted by molar-refractivity contribution is 0.0958. The van der Waals surface area contributed by atoms with Crippen molar-refractivity contribution in [1.29, 1.82) is 0 Å². The minimum atomic E-state index is -0.193. The quantitative estimate of drug-likeness (QED) is 0.466. The van der Waals surface area contributed by atoms with Gasteiger partial charge in [-0.25, -0.2) is 9.50 Å². The Morgan fingerprint density at radius 2 is 1.91 bits per heavy atom. The first-order valence-corrected chi connectivity index (χ1v) is 11.6. The van der Waals surface area contributed by atoms with Crippen LogP contribution in [0.5, 0.6) is 0 Å². The lowest BCUT2D eigenvalue weighted by Crippen LogP contribution is -2.46. The summed E-state index contributed by atoms with van der Waals surface area (Å²) in [7, 11) is 1.60. The molecule has 0 radical (unpaired) electrons. The molecule has 1 saturated heterocycles. The molecule has 0 atom stereocenters. The highest BCUT2D eigenvalue weighted by Crippen LogP contribution is 2.28. The van der Waals surface area contributed by atoms with Crippen LogP contribution in [-0.2, 0) is 6.54 Å². The summed E-state index contributed by atoms with van der Waals surface area (Å²) in [6.07, 6.45) is 1.69. The van der Waals surface area contributed by atoms with Crippen molar-refractivity contribution in [1.82, 2.24) is 29.8 Å². The Labute approximate surface area is 201 Å². The predicted molar refractivity (Wildman–Crippen MR) is 133 cm³/mol. The topological polar surface area (TPSA) is 98.6 Å². The highest BCUT2D eigenvalue weighted by molar-refractivity contribution is 6.35. The van der Waals surface area contributed by atoms with Crippen molar-refractivity contribution in [3.63, 3.8) is 0 Å². The van der Waals surface area contributed by atoms with Crippen molar-refractivity contribution in [2.45, 2.75) is 20.4 Å². The van der Waals surface area contributed by atoms with Gasteiger partial charge in [-0.2, -0.15) is 5.10 Å². The minimum absolute atomic E-state index is 0.184. The molecule has 5 rings (SSSR count). The van der Waals surface area contributed by atoms with Crippen LogP contribution >= 0.6 is 11.6 Å². The van der Waals surface area contributed by atoms with Gasteiger partial charge in [-0.05, 0) is 37.6 Å². The smallest absolute Gasteiger partial charge is 0.274 e.